The molecule has 2 aromatic carbocycles. The van der Waals surface area contributed by atoms with Gasteiger partial charge in [-0.3, -0.25) is 0 Å². The van der Waals surface area contributed by atoms with Crippen LogP contribution in [0.3, 0.4) is 0 Å². The first-order chi connectivity index (χ1) is 9.10. The largest absolute Gasteiger partial charge is 0.465 e. The molecule has 0 aromatic heterocycles. The number of carbonyl (C=O) groups excluding carboxylic acids is 1. The fraction of sp³-hybridized carbons (Fsp3) is 0.0714. The molecule has 0 aliphatic heterocycles. The van der Waals surface area contributed by atoms with Crippen LogP contribution in [0.4, 0.5) is 4.39 Å². The fourth-order valence-corrected chi connectivity index (χ4v) is 1.75. The molecule has 0 spiro atoms. The maximum Gasteiger partial charge on any atom is 0.339 e. The van der Waals surface area contributed by atoms with Crippen LogP contribution in [0.15, 0.2) is 42.5 Å². The zero-order valence-electron chi connectivity index (χ0n) is 10.0. The van der Waals surface area contributed by atoms with E-state index in [0.29, 0.717) is 11.5 Å². The third-order valence-electron chi connectivity index (χ3n) is 2.38. The van der Waals surface area contributed by atoms with Crippen LogP contribution in [0.1, 0.15) is 10.4 Å². The normalized spacial score (nSPS) is 10.1. The SMILES string of the molecule is COC(=O)c1ccc(Oc2cccc(F)c2)cc1Cl. The van der Waals surface area contributed by atoms with E-state index in [2.05, 4.69) is 4.74 Å². The monoisotopic (exact) mass is 280 g/mol. The van der Waals surface area contributed by atoms with Crippen molar-refractivity contribution in [2.45, 2.75) is 0 Å². The first-order valence-corrected chi connectivity index (χ1v) is 5.79. The third kappa shape index (κ3) is 3.23. The van der Waals surface area contributed by atoms with E-state index in [1.54, 1.807) is 12.1 Å². The molecule has 2 rings (SSSR count). The van der Waals surface area contributed by atoms with Crippen LogP contribution in [-0.4, -0.2) is 13.1 Å². The molecular weight excluding hydrogens is 271 g/mol. The van der Waals surface area contributed by atoms with E-state index in [1.165, 1.54) is 37.4 Å². The van der Waals surface area contributed by atoms with Gasteiger partial charge in [0.15, 0.2) is 0 Å². The molecule has 0 saturated heterocycles. The van der Waals surface area contributed by atoms with Gasteiger partial charge in [-0.25, -0.2) is 9.18 Å². The maximum atomic E-state index is 13.0. The Morgan fingerprint density at radius 3 is 2.53 bits per heavy atom. The van der Waals surface area contributed by atoms with Gasteiger partial charge in [0.1, 0.15) is 17.3 Å². The van der Waals surface area contributed by atoms with Gasteiger partial charge in [-0.1, -0.05) is 17.7 Å². The molecule has 98 valence electrons. The summed E-state index contributed by atoms with van der Waals surface area (Å²) in [5, 5.41) is 0.209. The topological polar surface area (TPSA) is 35.5 Å². The predicted octanol–water partition coefficient (Wildman–Crippen LogP) is 4.06. The van der Waals surface area contributed by atoms with Gasteiger partial charge in [0, 0.05) is 12.1 Å². The molecule has 0 atom stereocenters. The van der Waals surface area contributed by atoms with Crippen LogP contribution in [0, 0.1) is 5.82 Å². The molecule has 0 unspecified atom stereocenters. The zero-order valence-corrected chi connectivity index (χ0v) is 10.8. The van der Waals surface area contributed by atoms with Crippen LogP contribution in [0.2, 0.25) is 5.02 Å². The lowest BCUT2D eigenvalue weighted by atomic mass is 10.2. The van der Waals surface area contributed by atoms with Crippen molar-refractivity contribution in [2.24, 2.45) is 0 Å². The zero-order chi connectivity index (χ0) is 13.8. The summed E-state index contributed by atoms with van der Waals surface area (Å²) in [7, 11) is 1.27. The predicted molar refractivity (Wildman–Crippen MR) is 69.3 cm³/mol. The summed E-state index contributed by atoms with van der Waals surface area (Å²) in [6.07, 6.45) is 0. The molecule has 0 N–H and O–H groups in total. The summed E-state index contributed by atoms with van der Waals surface area (Å²) in [4.78, 5) is 11.4. The number of hydrogen-bond acceptors (Lipinski definition) is 3. The molecule has 2 aromatic rings. The first kappa shape index (κ1) is 13.4. The standard InChI is InChI=1S/C14H10ClFO3/c1-18-14(17)12-6-5-11(8-13(12)15)19-10-4-2-3-9(16)7-10/h2-8H,1H3. The molecule has 19 heavy (non-hydrogen) atoms. The average Bonchev–Trinajstić information content (AvgIpc) is 2.38. The number of rotatable bonds is 3. The van der Waals surface area contributed by atoms with Gasteiger partial charge < -0.3 is 9.47 Å². The number of carbonyl (C=O) groups is 1. The summed E-state index contributed by atoms with van der Waals surface area (Å²) in [5.74, 6) is -0.165. The first-order valence-electron chi connectivity index (χ1n) is 5.41. The lowest BCUT2D eigenvalue weighted by Gasteiger charge is -2.08. The molecule has 0 amide bonds. The summed E-state index contributed by atoms with van der Waals surface area (Å²) in [5.41, 5.74) is 0.246. The Labute approximate surface area is 114 Å². The van der Waals surface area contributed by atoms with Crippen molar-refractivity contribution in [3.05, 3.63) is 58.9 Å². The van der Waals surface area contributed by atoms with Crippen LogP contribution >= 0.6 is 11.6 Å². The van der Waals surface area contributed by atoms with E-state index in [-0.39, 0.29) is 10.6 Å². The van der Waals surface area contributed by atoms with Crippen molar-refractivity contribution in [3.63, 3.8) is 0 Å². The van der Waals surface area contributed by atoms with Crippen molar-refractivity contribution in [3.8, 4) is 11.5 Å². The summed E-state index contributed by atoms with van der Waals surface area (Å²) in [6.45, 7) is 0. The second-order valence-electron chi connectivity index (χ2n) is 3.69. The Kier molecular flexibility index (Phi) is 4.02. The third-order valence-corrected chi connectivity index (χ3v) is 2.69. The van der Waals surface area contributed by atoms with Crippen molar-refractivity contribution < 1.29 is 18.7 Å². The number of ether oxygens (including phenoxy) is 2. The quantitative estimate of drug-likeness (QED) is 0.796. The van der Waals surface area contributed by atoms with E-state index in [0.717, 1.165) is 0 Å². The molecule has 0 aliphatic rings. The van der Waals surface area contributed by atoms with Gasteiger partial charge in [0.2, 0.25) is 0 Å². The molecule has 0 bridgehead atoms. The maximum absolute atomic E-state index is 13.0. The summed E-state index contributed by atoms with van der Waals surface area (Å²) >= 11 is 5.95. The van der Waals surface area contributed by atoms with Crippen LogP contribution in [-0.2, 0) is 4.74 Å². The Morgan fingerprint density at radius 2 is 1.89 bits per heavy atom. The average molecular weight is 281 g/mol. The van der Waals surface area contributed by atoms with Crippen LogP contribution in [0.25, 0.3) is 0 Å². The Morgan fingerprint density at radius 1 is 1.16 bits per heavy atom. The Bertz CT molecular complexity index is 613. The minimum atomic E-state index is -0.526. The Hall–Kier alpha value is -2.07. The lowest BCUT2D eigenvalue weighted by Crippen LogP contribution is -2.01. The van der Waals surface area contributed by atoms with E-state index >= 15 is 0 Å². The summed E-state index contributed by atoms with van der Waals surface area (Å²) < 4.78 is 23.0. The number of esters is 1. The molecule has 5 heteroatoms. The van der Waals surface area contributed by atoms with Gasteiger partial charge in [-0.15, -0.1) is 0 Å². The fourth-order valence-electron chi connectivity index (χ4n) is 1.50. The molecule has 0 aliphatic carbocycles. The smallest absolute Gasteiger partial charge is 0.339 e. The molecule has 3 nitrogen and oxygen atoms in total. The molecule has 0 heterocycles. The van der Waals surface area contributed by atoms with E-state index in [9.17, 15) is 9.18 Å². The van der Waals surface area contributed by atoms with Crippen molar-refractivity contribution >= 4 is 17.6 Å². The highest BCUT2D eigenvalue weighted by Gasteiger charge is 2.11. The van der Waals surface area contributed by atoms with Gasteiger partial charge in [0.05, 0.1) is 17.7 Å². The minimum Gasteiger partial charge on any atom is -0.465 e. The number of methoxy groups -OCH3 is 1. The minimum absolute atomic E-state index is 0.209. The van der Waals surface area contributed by atoms with Gasteiger partial charge in [0.25, 0.3) is 0 Å². The second-order valence-corrected chi connectivity index (χ2v) is 4.10. The van der Waals surface area contributed by atoms with Crippen molar-refractivity contribution in [2.75, 3.05) is 7.11 Å². The number of halogens is 2. The van der Waals surface area contributed by atoms with Crippen molar-refractivity contribution in [1.29, 1.82) is 0 Å². The molecule has 0 fully saturated rings. The highest BCUT2D eigenvalue weighted by molar-refractivity contribution is 6.33. The highest BCUT2D eigenvalue weighted by atomic mass is 35.5. The van der Waals surface area contributed by atoms with Gasteiger partial charge in [-0.2, -0.15) is 0 Å². The number of hydrogen-bond donors (Lipinski definition) is 0. The van der Waals surface area contributed by atoms with E-state index in [4.69, 9.17) is 16.3 Å². The van der Waals surface area contributed by atoms with Crippen LogP contribution in [0.5, 0.6) is 11.5 Å². The van der Waals surface area contributed by atoms with Gasteiger partial charge in [-0.05, 0) is 24.3 Å². The van der Waals surface area contributed by atoms with Gasteiger partial charge >= 0.3 is 5.97 Å². The number of benzene rings is 2. The second kappa shape index (κ2) is 5.71. The molecular formula is C14H10ClFO3. The molecule has 0 radical (unpaired) electrons. The Balaban J connectivity index is 2.23. The van der Waals surface area contributed by atoms with Crippen LogP contribution < -0.4 is 4.74 Å². The molecule has 0 saturated carbocycles. The lowest BCUT2D eigenvalue weighted by molar-refractivity contribution is 0.0601. The van der Waals surface area contributed by atoms with E-state index < -0.39 is 11.8 Å². The highest BCUT2D eigenvalue weighted by Crippen LogP contribution is 2.27. The summed E-state index contributed by atoms with van der Waals surface area (Å²) in [6, 6.07) is 10.2. The van der Waals surface area contributed by atoms with Crippen molar-refractivity contribution in [1.82, 2.24) is 0 Å². The van der Waals surface area contributed by atoms with E-state index in [1.807, 2.05) is 0 Å².